The Hall–Kier alpha value is -4.85. The van der Waals surface area contributed by atoms with Gasteiger partial charge in [0.1, 0.15) is 17.5 Å². The molecule has 0 atom stereocenters. The summed E-state index contributed by atoms with van der Waals surface area (Å²) in [6, 6.07) is 23.2. The topological polar surface area (TPSA) is 59.4 Å². The monoisotopic (exact) mass is 582 g/mol. The van der Waals surface area contributed by atoms with Gasteiger partial charge in [-0.2, -0.15) is 0 Å². The van der Waals surface area contributed by atoms with E-state index in [2.05, 4.69) is 16.8 Å². The summed E-state index contributed by atoms with van der Waals surface area (Å²) in [5.41, 5.74) is 4.24. The van der Waals surface area contributed by atoms with Crippen molar-refractivity contribution in [3.05, 3.63) is 137 Å². The second kappa shape index (κ2) is 13.0. The highest BCUT2D eigenvalue weighted by Gasteiger charge is 2.30. The van der Waals surface area contributed by atoms with Crippen LogP contribution in [0.15, 0.2) is 97.2 Å². The summed E-state index contributed by atoms with van der Waals surface area (Å²) in [7, 11) is 0. The van der Waals surface area contributed by atoms with Gasteiger partial charge < -0.3 is 20.5 Å². The largest absolute Gasteiger partial charge is 0.355 e. The Bertz CT molecular complexity index is 1660. The fourth-order valence-corrected chi connectivity index (χ4v) is 5.56. The number of amides is 1. The Kier molecular flexibility index (Phi) is 8.95. The van der Waals surface area contributed by atoms with Gasteiger partial charge >= 0.3 is 0 Å². The lowest BCUT2D eigenvalue weighted by Crippen LogP contribution is -2.41. The van der Waals surface area contributed by atoms with E-state index in [0.717, 1.165) is 28.7 Å². The Morgan fingerprint density at radius 3 is 2.35 bits per heavy atom. The third-order valence-electron chi connectivity index (χ3n) is 7.89. The molecule has 5 rings (SSSR count). The molecule has 0 aliphatic carbocycles. The molecule has 1 amide bonds. The molecule has 0 spiro atoms. The minimum absolute atomic E-state index is 0.0667. The number of anilines is 3. The molecule has 5 nitrogen and oxygen atoms in total. The number of likely N-dealkylation sites (tertiary alicyclic amines) is 1. The highest BCUT2D eigenvalue weighted by molar-refractivity contribution is 5.99. The Balaban J connectivity index is 1.30. The van der Waals surface area contributed by atoms with Crippen LogP contribution in [0.2, 0.25) is 0 Å². The molecule has 0 aromatic heterocycles. The predicted octanol–water partition coefficient (Wildman–Crippen LogP) is 8.23. The van der Waals surface area contributed by atoms with E-state index in [4.69, 9.17) is 5.41 Å². The summed E-state index contributed by atoms with van der Waals surface area (Å²) in [5, 5.41) is 10.7. The van der Waals surface area contributed by atoms with Crippen LogP contribution in [0.4, 0.5) is 30.2 Å². The zero-order valence-electron chi connectivity index (χ0n) is 23.9. The fourth-order valence-electron chi connectivity index (χ4n) is 5.56. The number of carbonyl (C=O) groups is 1. The lowest BCUT2D eigenvalue weighted by Gasteiger charge is -2.38. The third-order valence-corrected chi connectivity index (χ3v) is 7.89. The maximum absolute atomic E-state index is 15.5. The van der Waals surface area contributed by atoms with Crippen molar-refractivity contribution in [3.63, 3.8) is 0 Å². The summed E-state index contributed by atoms with van der Waals surface area (Å²) in [4.78, 5) is 17.2. The molecule has 1 aliphatic heterocycles. The molecule has 2 N–H and O–H groups in total. The molecular formula is C35H33F3N4O. The van der Waals surface area contributed by atoms with Gasteiger partial charge in [0.25, 0.3) is 5.91 Å². The average molecular weight is 583 g/mol. The van der Waals surface area contributed by atoms with Crippen molar-refractivity contribution in [3.8, 4) is 0 Å². The Labute approximate surface area is 249 Å². The molecule has 8 heteroatoms. The van der Waals surface area contributed by atoms with Crippen LogP contribution in [-0.4, -0.2) is 30.1 Å². The van der Waals surface area contributed by atoms with E-state index in [-0.39, 0.29) is 28.5 Å². The molecule has 1 saturated heterocycles. The van der Waals surface area contributed by atoms with E-state index in [1.54, 1.807) is 17.0 Å². The number of hydrogen-bond donors (Lipinski definition) is 2. The SMILES string of the molecule is C=C(C1CCN(C(=O)c2ccc(Nc3cccc(F)c3)c(C=N)c2F)CC1)N(Cc1cccc(F)c1)c1ccccc1C. The molecule has 1 fully saturated rings. The molecule has 43 heavy (non-hydrogen) atoms. The van der Waals surface area contributed by atoms with Crippen LogP contribution in [-0.2, 0) is 6.54 Å². The van der Waals surface area contributed by atoms with Gasteiger partial charge in [-0.05, 0) is 79.4 Å². The second-order valence-corrected chi connectivity index (χ2v) is 10.7. The molecule has 4 aromatic rings. The molecule has 0 unspecified atom stereocenters. The number of benzene rings is 4. The van der Waals surface area contributed by atoms with Crippen LogP contribution >= 0.6 is 0 Å². The maximum Gasteiger partial charge on any atom is 0.256 e. The first-order valence-corrected chi connectivity index (χ1v) is 14.2. The Morgan fingerprint density at radius 1 is 0.977 bits per heavy atom. The molecule has 4 aromatic carbocycles. The first kappa shape index (κ1) is 29.6. The van der Waals surface area contributed by atoms with Crippen LogP contribution in [0.3, 0.4) is 0 Å². The highest BCUT2D eigenvalue weighted by atomic mass is 19.1. The van der Waals surface area contributed by atoms with Crippen molar-refractivity contribution in [1.82, 2.24) is 4.90 Å². The average Bonchev–Trinajstić information content (AvgIpc) is 3.00. The van der Waals surface area contributed by atoms with E-state index >= 15 is 4.39 Å². The van der Waals surface area contributed by atoms with Gasteiger partial charge in [0.15, 0.2) is 0 Å². The number of para-hydroxylation sites is 1. The molecular weight excluding hydrogens is 549 g/mol. The molecule has 1 heterocycles. The lowest BCUT2D eigenvalue weighted by atomic mass is 9.91. The molecule has 1 aliphatic rings. The first-order chi connectivity index (χ1) is 20.7. The van der Waals surface area contributed by atoms with Crippen molar-refractivity contribution in [2.75, 3.05) is 23.3 Å². The zero-order valence-corrected chi connectivity index (χ0v) is 23.9. The van der Waals surface area contributed by atoms with Gasteiger partial charge in [0.05, 0.1) is 16.8 Å². The molecule has 220 valence electrons. The van der Waals surface area contributed by atoms with E-state index in [0.29, 0.717) is 38.2 Å². The van der Waals surface area contributed by atoms with E-state index in [1.807, 2.05) is 37.3 Å². The molecule has 0 saturated carbocycles. The first-order valence-electron chi connectivity index (χ1n) is 14.2. The number of hydrogen-bond acceptors (Lipinski definition) is 4. The number of allylic oxidation sites excluding steroid dienone is 1. The van der Waals surface area contributed by atoms with E-state index in [1.165, 1.54) is 42.5 Å². The van der Waals surface area contributed by atoms with Crippen LogP contribution in [0.5, 0.6) is 0 Å². The van der Waals surface area contributed by atoms with Gasteiger partial charge in [-0.25, -0.2) is 13.2 Å². The molecule has 0 bridgehead atoms. The minimum Gasteiger partial charge on any atom is -0.355 e. The minimum atomic E-state index is -0.797. The summed E-state index contributed by atoms with van der Waals surface area (Å²) < 4.78 is 43.1. The zero-order chi connectivity index (χ0) is 30.5. The van der Waals surface area contributed by atoms with Crippen molar-refractivity contribution in [2.45, 2.75) is 26.3 Å². The van der Waals surface area contributed by atoms with Crippen molar-refractivity contribution < 1.29 is 18.0 Å². The number of carbonyl (C=O) groups excluding carboxylic acids is 1. The molecule has 0 radical (unpaired) electrons. The quantitative estimate of drug-likeness (QED) is 0.196. The number of aryl methyl sites for hydroxylation is 1. The van der Waals surface area contributed by atoms with Crippen LogP contribution < -0.4 is 10.2 Å². The van der Waals surface area contributed by atoms with Crippen LogP contribution in [0, 0.1) is 35.7 Å². The maximum atomic E-state index is 15.5. The lowest BCUT2D eigenvalue weighted by molar-refractivity contribution is 0.0696. The van der Waals surface area contributed by atoms with Gasteiger partial charge in [0, 0.05) is 48.8 Å². The van der Waals surface area contributed by atoms with Crippen LogP contribution in [0.1, 0.15) is 39.9 Å². The smallest absolute Gasteiger partial charge is 0.256 e. The summed E-state index contributed by atoms with van der Waals surface area (Å²) in [6.07, 6.45) is 2.12. The fraction of sp³-hybridized carbons (Fsp3) is 0.200. The van der Waals surface area contributed by atoms with E-state index in [9.17, 15) is 13.6 Å². The van der Waals surface area contributed by atoms with Gasteiger partial charge in [0.2, 0.25) is 0 Å². The summed E-state index contributed by atoms with van der Waals surface area (Å²) in [5.74, 6) is -1.92. The number of piperidine rings is 1. The van der Waals surface area contributed by atoms with Crippen molar-refractivity contribution >= 4 is 29.2 Å². The normalized spacial score (nSPS) is 13.4. The van der Waals surface area contributed by atoms with Gasteiger partial charge in [-0.3, -0.25) is 4.79 Å². The predicted molar refractivity (Wildman–Crippen MR) is 165 cm³/mol. The van der Waals surface area contributed by atoms with Crippen LogP contribution in [0.25, 0.3) is 0 Å². The number of nitrogens with one attached hydrogen (secondary N) is 2. The second-order valence-electron chi connectivity index (χ2n) is 10.7. The third kappa shape index (κ3) is 6.64. The summed E-state index contributed by atoms with van der Waals surface area (Å²) in [6.45, 7) is 7.74. The number of rotatable bonds is 9. The van der Waals surface area contributed by atoms with Gasteiger partial charge in [-0.15, -0.1) is 0 Å². The highest BCUT2D eigenvalue weighted by Crippen LogP contribution is 2.34. The number of nitrogens with zero attached hydrogens (tertiary/aromatic N) is 2. The number of halogens is 3. The van der Waals surface area contributed by atoms with Crippen molar-refractivity contribution in [2.24, 2.45) is 5.92 Å². The van der Waals surface area contributed by atoms with Crippen molar-refractivity contribution in [1.29, 1.82) is 5.41 Å². The standard InChI is InChI=1S/C35H33F3N4O/c1-23-7-3-4-12-33(23)42(22-25-8-5-9-27(36)19-25)24(2)26-15-17-41(18-16-26)35(43)30-13-14-32(31(21-39)34(30)38)40-29-11-6-10-28(37)20-29/h3-14,19-21,26,39-40H,2,15-18,22H2,1H3. The summed E-state index contributed by atoms with van der Waals surface area (Å²) >= 11 is 0. The Morgan fingerprint density at radius 2 is 1.67 bits per heavy atom. The van der Waals surface area contributed by atoms with E-state index < -0.39 is 17.5 Å². The van der Waals surface area contributed by atoms with Gasteiger partial charge in [-0.1, -0.05) is 43.0 Å².